The average Bonchev–Trinajstić information content (AvgIpc) is 2.69. The lowest BCUT2D eigenvalue weighted by molar-refractivity contribution is -0.313. The van der Waals surface area contributed by atoms with E-state index < -0.39 is 24.2 Å². The first-order chi connectivity index (χ1) is 4.58. The third kappa shape index (κ3) is 0.454. The molecule has 0 radical (unpaired) electrons. The standard InChI is InChI=1S/C4H4O6/c5-1(2(6)7)4(8)3-9-10(3)4/h1,3,5,8H/p+1/t1-,3-,4-/m1/s1. The molecule has 0 bridgehead atoms. The summed E-state index contributed by atoms with van der Waals surface area (Å²) in [5, 5.41) is 25.9. The Bertz CT molecular complexity index is 192. The highest BCUT2D eigenvalue weighted by molar-refractivity contribution is 5.74. The second-order valence-electron chi connectivity index (χ2n) is 2.22. The number of carbonyl (C=O) groups is 1. The smallest absolute Gasteiger partial charge is 0.479 e. The van der Waals surface area contributed by atoms with Gasteiger partial charge in [0.25, 0.3) is 6.10 Å². The van der Waals surface area contributed by atoms with Crippen molar-refractivity contribution in [2.24, 2.45) is 0 Å². The summed E-state index contributed by atoms with van der Waals surface area (Å²) >= 11 is 0. The van der Waals surface area contributed by atoms with Crippen molar-refractivity contribution in [1.82, 2.24) is 0 Å². The van der Waals surface area contributed by atoms with Crippen LogP contribution in [0.2, 0.25) is 0 Å². The second kappa shape index (κ2) is 1.32. The molecule has 0 unspecified atom stereocenters. The molecule has 2 rings (SSSR count). The molecule has 0 aromatic carbocycles. The molecule has 3 N–H and O–H groups in total. The lowest BCUT2D eigenvalue weighted by atomic mass is 10.2. The Kier molecular flexibility index (Phi) is 0.801. The summed E-state index contributed by atoms with van der Waals surface area (Å²) in [4.78, 5) is 14.4. The van der Waals surface area contributed by atoms with Gasteiger partial charge in [-0.3, -0.25) is 0 Å². The number of hydrogen-bond donors (Lipinski definition) is 3. The van der Waals surface area contributed by atoms with E-state index in [-0.39, 0.29) is 0 Å². The van der Waals surface area contributed by atoms with Crippen molar-refractivity contribution in [2.75, 3.05) is 0 Å². The second-order valence-corrected chi connectivity index (χ2v) is 2.22. The zero-order chi connectivity index (χ0) is 7.52. The highest BCUT2D eigenvalue weighted by atomic mass is 17.6. The summed E-state index contributed by atoms with van der Waals surface area (Å²) < 4.78 is 1.75. The summed E-state index contributed by atoms with van der Waals surface area (Å²) in [6, 6.07) is 0. The molecule has 0 saturated carbocycles. The maximum atomic E-state index is 10.0. The van der Waals surface area contributed by atoms with Crippen molar-refractivity contribution < 1.29 is 29.5 Å². The monoisotopic (exact) mass is 149 g/mol. The van der Waals surface area contributed by atoms with E-state index in [0.29, 0.717) is 0 Å². The Balaban J connectivity index is 2.06. The molecule has 0 amide bonds. The van der Waals surface area contributed by atoms with Gasteiger partial charge in [0.1, 0.15) is 0 Å². The molecule has 3 atom stereocenters. The van der Waals surface area contributed by atoms with Gasteiger partial charge in [0.2, 0.25) is 0 Å². The molecule has 6 nitrogen and oxygen atoms in total. The average molecular weight is 149 g/mol. The van der Waals surface area contributed by atoms with Crippen molar-refractivity contribution in [3.05, 3.63) is 0 Å². The van der Waals surface area contributed by atoms with Gasteiger partial charge in [-0.05, 0) is 0 Å². The van der Waals surface area contributed by atoms with Gasteiger partial charge in [-0.1, -0.05) is 0 Å². The number of carboxylic acid groups (broad SMARTS) is 1. The zero-order valence-electron chi connectivity index (χ0n) is 4.72. The first-order valence-electron chi connectivity index (χ1n) is 2.62. The molecule has 2 fully saturated rings. The third-order valence-corrected chi connectivity index (χ3v) is 1.58. The summed E-state index contributed by atoms with van der Waals surface area (Å²) in [7, 11) is 0. The van der Waals surface area contributed by atoms with Gasteiger partial charge in [-0.2, -0.15) is 0 Å². The SMILES string of the molecule is O=C(O)[C@@H](O)[C@]1(O)[C@@H]2O[O+]21. The molecule has 0 spiro atoms. The molecule has 56 valence electrons. The van der Waals surface area contributed by atoms with E-state index in [0.717, 1.165) is 0 Å². The van der Waals surface area contributed by atoms with Crippen LogP contribution in [-0.2, 0) is 14.2 Å². The quantitative estimate of drug-likeness (QED) is 0.239. The topological polar surface area (TPSA) is 93.0 Å². The van der Waals surface area contributed by atoms with E-state index in [2.05, 4.69) is 4.89 Å². The summed E-state index contributed by atoms with van der Waals surface area (Å²) in [5.74, 6) is -3.20. The molecule has 2 saturated heterocycles. The number of epoxide rings is 1. The van der Waals surface area contributed by atoms with Gasteiger partial charge in [0.05, 0.1) is 0 Å². The Morgan fingerprint density at radius 1 is 1.80 bits per heavy atom. The van der Waals surface area contributed by atoms with Crippen LogP contribution in [0.1, 0.15) is 0 Å². The minimum atomic E-state index is -1.81. The number of aliphatic hydroxyl groups is 2. The van der Waals surface area contributed by atoms with Crippen molar-refractivity contribution in [1.29, 1.82) is 0 Å². The first-order valence-corrected chi connectivity index (χ1v) is 2.62. The van der Waals surface area contributed by atoms with Gasteiger partial charge < -0.3 is 15.3 Å². The molecule has 2 aliphatic rings. The molecule has 0 aromatic rings. The number of aliphatic hydroxyl groups excluding tert-OH is 1. The van der Waals surface area contributed by atoms with Crippen molar-refractivity contribution in [3.8, 4) is 0 Å². The van der Waals surface area contributed by atoms with Crippen LogP contribution in [0, 0.1) is 0 Å². The van der Waals surface area contributed by atoms with E-state index in [1.165, 1.54) is 0 Å². The van der Waals surface area contributed by atoms with E-state index in [9.17, 15) is 4.79 Å². The van der Waals surface area contributed by atoms with E-state index in [4.69, 9.17) is 15.3 Å². The molecular weight excluding hydrogens is 144 g/mol. The molecule has 2 aliphatic heterocycles. The van der Waals surface area contributed by atoms with E-state index in [1.54, 1.807) is 4.52 Å². The van der Waals surface area contributed by atoms with E-state index in [1.807, 2.05) is 0 Å². The largest absolute Gasteiger partial charge is 0.482 e. The Labute approximate surface area is 54.8 Å². The number of hydrogen-bond acceptors (Lipinski definition) is 4. The molecular formula is C4H5O6+. The lowest BCUT2D eigenvalue weighted by Gasteiger charge is -2.03. The minimum Gasteiger partial charge on any atom is -0.479 e. The van der Waals surface area contributed by atoms with Gasteiger partial charge in [-0.25, -0.2) is 4.79 Å². The van der Waals surface area contributed by atoms with Crippen LogP contribution in [0.15, 0.2) is 0 Å². The summed E-state index contributed by atoms with van der Waals surface area (Å²) in [6.07, 6.45) is -2.49. The third-order valence-electron chi connectivity index (χ3n) is 1.58. The minimum absolute atomic E-state index is 0.682. The zero-order valence-corrected chi connectivity index (χ0v) is 4.72. The number of carboxylic acids is 1. The van der Waals surface area contributed by atoms with Crippen LogP contribution >= 0.6 is 0 Å². The van der Waals surface area contributed by atoms with Crippen LogP contribution in [0.5, 0.6) is 0 Å². The fraction of sp³-hybridized carbons (Fsp3) is 0.750. The number of aliphatic carboxylic acids is 1. The van der Waals surface area contributed by atoms with Gasteiger partial charge in [0.15, 0.2) is 0 Å². The molecule has 10 heavy (non-hydrogen) atoms. The Hall–Kier alpha value is -0.690. The number of fused-ring (bicyclic) bond motifs is 1. The van der Waals surface area contributed by atoms with E-state index >= 15 is 0 Å². The maximum Gasteiger partial charge on any atom is 0.482 e. The Morgan fingerprint density at radius 3 is 2.40 bits per heavy atom. The molecule has 0 aliphatic carbocycles. The number of rotatable bonds is 2. The van der Waals surface area contributed by atoms with Crippen LogP contribution < -0.4 is 0 Å². The van der Waals surface area contributed by atoms with Crippen LogP contribution in [-0.4, -0.2) is 39.5 Å². The highest BCUT2D eigenvalue weighted by Crippen LogP contribution is 2.62. The van der Waals surface area contributed by atoms with Crippen LogP contribution in [0.4, 0.5) is 0 Å². The maximum absolute atomic E-state index is 10.0. The van der Waals surface area contributed by atoms with Crippen molar-refractivity contribution in [3.63, 3.8) is 0 Å². The summed E-state index contributed by atoms with van der Waals surface area (Å²) in [6.45, 7) is 0. The fourth-order valence-electron chi connectivity index (χ4n) is 0.816. The molecule has 6 heteroatoms. The van der Waals surface area contributed by atoms with Gasteiger partial charge in [-0.15, -0.1) is 4.52 Å². The fourth-order valence-corrected chi connectivity index (χ4v) is 0.816. The summed E-state index contributed by atoms with van der Waals surface area (Å²) in [5.41, 5.74) is 0. The molecule has 2 heterocycles. The van der Waals surface area contributed by atoms with Crippen LogP contribution in [0.3, 0.4) is 0 Å². The predicted molar refractivity (Wildman–Crippen MR) is 24.6 cm³/mol. The van der Waals surface area contributed by atoms with Gasteiger partial charge in [0, 0.05) is 4.89 Å². The van der Waals surface area contributed by atoms with Crippen LogP contribution in [0.25, 0.3) is 0 Å². The Morgan fingerprint density at radius 2 is 2.30 bits per heavy atom. The normalized spacial score (nSPS) is 46.0. The highest BCUT2D eigenvalue weighted by Gasteiger charge is 3.01. The predicted octanol–water partition coefficient (Wildman–Crippen LogP) is -2.04. The van der Waals surface area contributed by atoms with Gasteiger partial charge >= 0.3 is 18.0 Å². The molecule has 0 aromatic heterocycles. The van der Waals surface area contributed by atoms with Crippen molar-refractivity contribution >= 4 is 5.97 Å². The lowest BCUT2D eigenvalue weighted by Crippen LogP contribution is -2.43. The first kappa shape index (κ1) is 6.05. The van der Waals surface area contributed by atoms with Crippen molar-refractivity contribution in [2.45, 2.75) is 18.2 Å².